The van der Waals surface area contributed by atoms with Crippen molar-refractivity contribution in [1.29, 1.82) is 5.26 Å². The molecular formula is C15H22N4O. The molecule has 1 unspecified atom stereocenters. The number of hydrogen-bond donors (Lipinski definition) is 1. The van der Waals surface area contributed by atoms with Crippen LogP contribution in [-0.2, 0) is 4.74 Å². The molecule has 1 aromatic heterocycles. The second-order valence-corrected chi connectivity index (χ2v) is 5.38. The van der Waals surface area contributed by atoms with Gasteiger partial charge in [0.2, 0.25) is 0 Å². The largest absolute Gasteiger partial charge is 0.379 e. The SMILES string of the molecule is CC(C)C(CNc1ccc(C#N)cn1)N1CCOCC1. The lowest BCUT2D eigenvalue weighted by Crippen LogP contribution is -2.49. The molecule has 1 aromatic rings. The summed E-state index contributed by atoms with van der Waals surface area (Å²) in [6, 6.07) is 6.19. The number of rotatable bonds is 5. The lowest BCUT2D eigenvalue weighted by Gasteiger charge is -2.37. The van der Waals surface area contributed by atoms with Gasteiger partial charge in [0, 0.05) is 31.9 Å². The minimum atomic E-state index is 0.469. The van der Waals surface area contributed by atoms with Gasteiger partial charge in [-0.15, -0.1) is 0 Å². The van der Waals surface area contributed by atoms with Gasteiger partial charge >= 0.3 is 0 Å². The van der Waals surface area contributed by atoms with Crippen molar-refractivity contribution in [2.75, 3.05) is 38.2 Å². The van der Waals surface area contributed by atoms with Crippen molar-refractivity contribution < 1.29 is 4.74 Å². The molecule has 1 atom stereocenters. The maximum Gasteiger partial charge on any atom is 0.126 e. The highest BCUT2D eigenvalue weighted by Gasteiger charge is 2.23. The third-order valence-electron chi connectivity index (χ3n) is 3.67. The van der Waals surface area contributed by atoms with E-state index in [-0.39, 0.29) is 0 Å². The first-order valence-corrected chi connectivity index (χ1v) is 7.12. The number of hydrogen-bond acceptors (Lipinski definition) is 5. The van der Waals surface area contributed by atoms with Gasteiger partial charge < -0.3 is 10.1 Å². The molecule has 20 heavy (non-hydrogen) atoms. The first-order chi connectivity index (χ1) is 9.70. The number of anilines is 1. The van der Waals surface area contributed by atoms with Gasteiger partial charge in [0.25, 0.3) is 0 Å². The molecule has 1 aliphatic heterocycles. The summed E-state index contributed by atoms with van der Waals surface area (Å²) in [5.41, 5.74) is 0.587. The van der Waals surface area contributed by atoms with Gasteiger partial charge in [-0.05, 0) is 18.1 Å². The van der Waals surface area contributed by atoms with Gasteiger partial charge in [-0.2, -0.15) is 5.26 Å². The van der Waals surface area contributed by atoms with Crippen molar-refractivity contribution in [3.8, 4) is 6.07 Å². The Hall–Kier alpha value is -1.64. The van der Waals surface area contributed by atoms with E-state index in [1.165, 1.54) is 0 Å². The summed E-state index contributed by atoms with van der Waals surface area (Å²) in [7, 11) is 0. The van der Waals surface area contributed by atoms with E-state index in [4.69, 9.17) is 10.00 Å². The first kappa shape index (κ1) is 14.8. The molecule has 0 aromatic carbocycles. The lowest BCUT2D eigenvalue weighted by molar-refractivity contribution is 0.00953. The zero-order chi connectivity index (χ0) is 14.4. The maximum atomic E-state index is 8.76. The van der Waals surface area contributed by atoms with Crippen LogP contribution in [0.15, 0.2) is 18.3 Å². The van der Waals surface area contributed by atoms with Crippen LogP contribution >= 0.6 is 0 Å². The monoisotopic (exact) mass is 274 g/mol. The van der Waals surface area contributed by atoms with Crippen LogP contribution in [-0.4, -0.2) is 48.8 Å². The minimum Gasteiger partial charge on any atom is -0.379 e. The van der Waals surface area contributed by atoms with E-state index in [2.05, 4.69) is 35.1 Å². The standard InChI is InChI=1S/C15H22N4O/c1-12(2)14(19-5-7-20-8-6-19)11-18-15-4-3-13(9-16)10-17-15/h3-4,10,12,14H,5-8,11H2,1-2H3,(H,17,18). The third kappa shape index (κ3) is 3.92. The summed E-state index contributed by atoms with van der Waals surface area (Å²) in [6.45, 7) is 8.96. The van der Waals surface area contributed by atoms with E-state index in [0.29, 0.717) is 17.5 Å². The Bertz CT molecular complexity index is 446. The molecule has 2 heterocycles. The molecular weight excluding hydrogens is 252 g/mol. The number of pyridine rings is 1. The Morgan fingerprint density at radius 3 is 2.70 bits per heavy atom. The van der Waals surface area contributed by atoms with E-state index in [9.17, 15) is 0 Å². The van der Waals surface area contributed by atoms with Crippen LogP contribution in [0.3, 0.4) is 0 Å². The zero-order valence-corrected chi connectivity index (χ0v) is 12.2. The summed E-state index contributed by atoms with van der Waals surface area (Å²) in [5.74, 6) is 1.39. The Kier molecular flexibility index (Phi) is 5.33. The van der Waals surface area contributed by atoms with Crippen LogP contribution < -0.4 is 5.32 Å². The van der Waals surface area contributed by atoms with Gasteiger partial charge in [0.1, 0.15) is 11.9 Å². The Balaban J connectivity index is 1.92. The summed E-state index contributed by atoms with van der Waals surface area (Å²) in [6.07, 6.45) is 1.60. The Morgan fingerprint density at radius 2 is 2.15 bits per heavy atom. The van der Waals surface area contributed by atoms with Gasteiger partial charge in [-0.3, -0.25) is 4.90 Å². The maximum absolute atomic E-state index is 8.76. The fourth-order valence-electron chi connectivity index (χ4n) is 2.47. The third-order valence-corrected chi connectivity index (χ3v) is 3.67. The summed E-state index contributed by atoms with van der Waals surface area (Å²) < 4.78 is 5.41. The highest BCUT2D eigenvalue weighted by Crippen LogP contribution is 2.14. The second kappa shape index (κ2) is 7.22. The van der Waals surface area contributed by atoms with E-state index in [1.807, 2.05) is 6.07 Å². The van der Waals surface area contributed by atoms with E-state index in [0.717, 1.165) is 38.7 Å². The van der Waals surface area contributed by atoms with Crippen molar-refractivity contribution in [3.63, 3.8) is 0 Å². The normalized spacial score (nSPS) is 17.7. The number of aromatic nitrogens is 1. The molecule has 0 spiro atoms. The second-order valence-electron chi connectivity index (χ2n) is 5.38. The Morgan fingerprint density at radius 1 is 1.40 bits per heavy atom. The zero-order valence-electron chi connectivity index (χ0n) is 12.2. The quantitative estimate of drug-likeness (QED) is 0.886. The summed E-state index contributed by atoms with van der Waals surface area (Å²) in [4.78, 5) is 6.73. The average molecular weight is 274 g/mol. The molecule has 2 rings (SSSR count). The highest BCUT2D eigenvalue weighted by atomic mass is 16.5. The molecule has 0 bridgehead atoms. The fraction of sp³-hybridized carbons (Fsp3) is 0.600. The molecule has 0 aliphatic carbocycles. The average Bonchev–Trinajstić information content (AvgIpc) is 2.49. The molecule has 5 heteroatoms. The van der Waals surface area contributed by atoms with E-state index >= 15 is 0 Å². The number of nitrogens with one attached hydrogen (secondary N) is 1. The predicted molar refractivity (Wildman–Crippen MR) is 78.5 cm³/mol. The fourth-order valence-corrected chi connectivity index (χ4v) is 2.47. The van der Waals surface area contributed by atoms with E-state index in [1.54, 1.807) is 12.3 Å². The number of ether oxygens (including phenoxy) is 1. The predicted octanol–water partition coefficient (Wildman–Crippen LogP) is 1.72. The van der Waals surface area contributed by atoms with Crippen LogP contribution in [0.1, 0.15) is 19.4 Å². The van der Waals surface area contributed by atoms with Crippen molar-refractivity contribution >= 4 is 5.82 Å². The first-order valence-electron chi connectivity index (χ1n) is 7.12. The van der Waals surface area contributed by atoms with Crippen molar-refractivity contribution in [2.24, 2.45) is 5.92 Å². The van der Waals surface area contributed by atoms with Crippen LogP contribution in [0.2, 0.25) is 0 Å². The molecule has 0 amide bonds. The van der Waals surface area contributed by atoms with Crippen LogP contribution in [0, 0.1) is 17.2 Å². The van der Waals surface area contributed by atoms with Crippen LogP contribution in [0.25, 0.3) is 0 Å². The molecule has 5 nitrogen and oxygen atoms in total. The smallest absolute Gasteiger partial charge is 0.126 e. The number of nitriles is 1. The molecule has 108 valence electrons. The lowest BCUT2D eigenvalue weighted by atomic mass is 10.0. The van der Waals surface area contributed by atoms with Crippen molar-refractivity contribution in [3.05, 3.63) is 23.9 Å². The molecule has 0 saturated carbocycles. The Labute approximate surface area is 120 Å². The minimum absolute atomic E-state index is 0.469. The molecule has 1 aliphatic rings. The summed E-state index contributed by atoms with van der Waals surface area (Å²) >= 11 is 0. The van der Waals surface area contributed by atoms with Crippen molar-refractivity contribution in [2.45, 2.75) is 19.9 Å². The highest BCUT2D eigenvalue weighted by molar-refractivity contribution is 5.39. The van der Waals surface area contributed by atoms with Gasteiger partial charge in [0.15, 0.2) is 0 Å². The molecule has 1 fully saturated rings. The van der Waals surface area contributed by atoms with Crippen LogP contribution in [0.4, 0.5) is 5.82 Å². The van der Waals surface area contributed by atoms with Gasteiger partial charge in [0.05, 0.1) is 18.8 Å². The van der Waals surface area contributed by atoms with Crippen LogP contribution in [0.5, 0.6) is 0 Å². The molecule has 1 saturated heterocycles. The van der Waals surface area contributed by atoms with E-state index < -0.39 is 0 Å². The van der Waals surface area contributed by atoms with Gasteiger partial charge in [-0.1, -0.05) is 13.8 Å². The molecule has 0 radical (unpaired) electrons. The van der Waals surface area contributed by atoms with Gasteiger partial charge in [-0.25, -0.2) is 4.98 Å². The number of morpholine rings is 1. The summed E-state index contributed by atoms with van der Waals surface area (Å²) in [5, 5.41) is 12.1. The molecule has 1 N–H and O–H groups in total. The topological polar surface area (TPSA) is 61.2 Å². The number of nitrogens with zero attached hydrogens (tertiary/aromatic N) is 3. The van der Waals surface area contributed by atoms with Crippen molar-refractivity contribution in [1.82, 2.24) is 9.88 Å².